The molecular weight excluding hydrogens is 326 g/mol. The minimum Gasteiger partial charge on any atom is -0.490 e. The Morgan fingerprint density at radius 3 is 2.60 bits per heavy atom. The summed E-state index contributed by atoms with van der Waals surface area (Å²) in [7, 11) is 0. The van der Waals surface area contributed by atoms with Gasteiger partial charge in [0, 0.05) is 29.5 Å². The standard InChI is InChI=1S/C18H13NO6/c20-18(11-2-4-15-16(9-11)24-7-1-6-23-15)17-10-12-8-13(19(21)22)3-5-14(12)25-17/h2-5,8-10H,1,6-7H2. The van der Waals surface area contributed by atoms with E-state index in [9.17, 15) is 14.9 Å². The number of rotatable bonds is 3. The molecule has 4 rings (SSSR count). The molecule has 7 heteroatoms. The molecule has 0 atom stereocenters. The molecule has 0 fully saturated rings. The summed E-state index contributed by atoms with van der Waals surface area (Å²) in [6.45, 7) is 1.10. The molecule has 25 heavy (non-hydrogen) atoms. The minimum atomic E-state index is -0.488. The number of ketones is 1. The number of ether oxygens (including phenoxy) is 2. The van der Waals surface area contributed by atoms with Crippen LogP contribution in [0.3, 0.4) is 0 Å². The molecule has 0 amide bonds. The summed E-state index contributed by atoms with van der Waals surface area (Å²) >= 11 is 0. The number of carbonyl (C=O) groups excluding carboxylic acids is 1. The van der Waals surface area contributed by atoms with Gasteiger partial charge in [0.05, 0.1) is 18.1 Å². The highest BCUT2D eigenvalue weighted by molar-refractivity contribution is 6.09. The number of nitrogens with zero attached hydrogens (tertiary/aromatic N) is 1. The zero-order valence-corrected chi connectivity index (χ0v) is 13.1. The molecule has 0 N–H and O–H groups in total. The Morgan fingerprint density at radius 2 is 1.80 bits per heavy atom. The van der Waals surface area contributed by atoms with Crippen molar-refractivity contribution in [1.29, 1.82) is 0 Å². The average molecular weight is 339 g/mol. The van der Waals surface area contributed by atoms with Crippen molar-refractivity contribution in [2.45, 2.75) is 6.42 Å². The molecule has 0 unspecified atom stereocenters. The first-order valence-corrected chi connectivity index (χ1v) is 7.74. The normalized spacial score (nSPS) is 13.4. The molecule has 0 radical (unpaired) electrons. The van der Waals surface area contributed by atoms with Crippen LogP contribution in [0, 0.1) is 10.1 Å². The third kappa shape index (κ3) is 2.80. The number of carbonyl (C=O) groups is 1. The van der Waals surface area contributed by atoms with Gasteiger partial charge in [0.25, 0.3) is 5.69 Å². The maximum Gasteiger partial charge on any atom is 0.270 e. The lowest BCUT2D eigenvalue weighted by atomic mass is 10.1. The van der Waals surface area contributed by atoms with Gasteiger partial charge in [0.2, 0.25) is 5.78 Å². The summed E-state index contributed by atoms with van der Waals surface area (Å²) in [5, 5.41) is 11.4. The van der Waals surface area contributed by atoms with E-state index in [1.807, 2.05) is 0 Å². The van der Waals surface area contributed by atoms with E-state index in [0.29, 0.717) is 41.2 Å². The summed E-state index contributed by atoms with van der Waals surface area (Å²) in [6, 6.07) is 10.7. The van der Waals surface area contributed by atoms with Crippen molar-refractivity contribution in [3.63, 3.8) is 0 Å². The van der Waals surface area contributed by atoms with Gasteiger partial charge in [-0.2, -0.15) is 0 Å². The molecule has 0 saturated carbocycles. The quantitative estimate of drug-likeness (QED) is 0.410. The second-order valence-electron chi connectivity index (χ2n) is 5.63. The van der Waals surface area contributed by atoms with Gasteiger partial charge in [-0.3, -0.25) is 14.9 Å². The first kappa shape index (κ1) is 15.2. The van der Waals surface area contributed by atoms with E-state index in [-0.39, 0.29) is 17.2 Å². The third-order valence-corrected chi connectivity index (χ3v) is 3.94. The van der Waals surface area contributed by atoms with E-state index in [1.165, 1.54) is 24.3 Å². The molecule has 0 bridgehead atoms. The molecule has 7 nitrogen and oxygen atoms in total. The Hall–Kier alpha value is -3.35. The molecule has 126 valence electrons. The van der Waals surface area contributed by atoms with Gasteiger partial charge in [-0.15, -0.1) is 0 Å². The first-order valence-electron chi connectivity index (χ1n) is 7.74. The van der Waals surface area contributed by atoms with Crippen molar-refractivity contribution in [2.24, 2.45) is 0 Å². The summed E-state index contributed by atoms with van der Waals surface area (Å²) in [5.41, 5.74) is 0.768. The van der Waals surface area contributed by atoms with Crippen LogP contribution in [0.5, 0.6) is 11.5 Å². The topological polar surface area (TPSA) is 91.8 Å². The zero-order valence-electron chi connectivity index (χ0n) is 13.1. The number of hydrogen-bond donors (Lipinski definition) is 0. The number of non-ortho nitro benzene ring substituents is 1. The van der Waals surface area contributed by atoms with E-state index >= 15 is 0 Å². The van der Waals surface area contributed by atoms with Crippen LogP contribution in [0.1, 0.15) is 22.5 Å². The van der Waals surface area contributed by atoms with Gasteiger partial charge in [-0.25, -0.2) is 0 Å². The SMILES string of the molecule is O=C(c1ccc2c(c1)OCCCO2)c1cc2cc([N+](=O)[O-])ccc2o1. The smallest absolute Gasteiger partial charge is 0.270 e. The van der Waals surface area contributed by atoms with Crippen molar-refractivity contribution in [1.82, 2.24) is 0 Å². The molecule has 1 aromatic heterocycles. The molecule has 0 saturated heterocycles. The number of nitro groups is 1. The van der Waals surface area contributed by atoms with E-state index in [1.54, 1.807) is 18.2 Å². The summed E-state index contributed by atoms with van der Waals surface area (Å²) in [6.07, 6.45) is 0.778. The summed E-state index contributed by atoms with van der Waals surface area (Å²) < 4.78 is 16.7. The van der Waals surface area contributed by atoms with Gasteiger partial charge in [0.15, 0.2) is 17.3 Å². The van der Waals surface area contributed by atoms with E-state index in [4.69, 9.17) is 13.9 Å². The van der Waals surface area contributed by atoms with Crippen molar-refractivity contribution >= 4 is 22.4 Å². The molecule has 2 heterocycles. The monoisotopic (exact) mass is 339 g/mol. The Labute approximate surface area is 141 Å². The maximum atomic E-state index is 12.7. The van der Waals surface area contributed by atoms with Gasteiger partial charge in [-0.05, 0) is 30.3 Å². The van der Waals surface area contributed by atoms with Crippen molar-refractivity contribution in [3.05, 3.63) is 63.9 Å². The zero-order chi connectivity index (χ0) is 17.4. The van der Waals surface area contributed by atoms with Gasteiger partial charge < -0.3 is 13.9 Å². The van der Waals surface area contributed by atoms with Crippen LogP contribution >= 0.6 is 0 Å². The largest absolute Gasteiger partial charge is 0.490 e. The second kappa shape index (κ2) is 5.94. The van der Waals surface area contributed by atoms with Crippen LogP contribution in [-0.2, 0) is 0 Å². The Kier molecular flexibility index (Phi) is 3.61. The number of furan rings is 1. The lowest BCUT2D eigenvalue weighted by Crippen LogP contribution is -2.01. The Morgan fingerprint density at radius 1 is 1.00 bits per heavy atom. The van der Waals surface area contributed by atoms with Crippen LogP contribution < -0.4 is 9.47 Å². The maximum absolute atomic E-state index is 12.7. The van der Waals surface area contributed by atoms with Crippen LogP contribution in [0.25, 0.3) is 11.0 Å². The molecule has 3 aromatic rings. The molecule has 1 aliphatic heterocycles. The molecule has 2 aromatic carbocycles. The van der Waals surface area contributed by atoms with E-state index < -0.39 is 4.92 Å². The van der Waals surface area contributed by atoms with Crippen LogP contribution in [-0.4, -0.2) is 23.9 Å². The lowest BCUT2D eigenvalue weighted by molar-refractivity contribution is -0.384. The lowest BCUT2D eigenvalue weighted by Gasteiger charge is -2.08. The first-order chi connectivity index (χ1) is 12.1. The fraction of sp³-hybridized carbons (Fsp3) is 0.167. The Bertz CT molecular complexity index is 990. The van der Waals surface area contributed by atoms with Gasteiger partial charge >= 0.3 is 0 Å². The van der Waals surface area contributed by atoms with E-state index in [2.05, 4.69) is 0 Å². The van der Waals surface area contributed by atoms with Crippen LogP contribution in [0.4, 0.5) is 5.69 Å². The second-order valence-corrected chi connectivity index (χ2v) is 5.63. The predicted octanol–water partition coefficient (Wildman–Crippen LogP) is 3.73. The van der Waals surface area contributed by atoms with Gasteiger partial charge in [0.1, 0.15) is 5.58 Å². The fourth-order valence-electron chi connectivity index (χ4n) is 2.70. The highest BCUT2D eigenvalue weighted by Crippen LogP contribution is 2.32. The van der Waals surface area contributed by atoms with Crippen LogP contribution in [0.2, 0.25) is 0 Å². The van der Waals surface area contributed by atoms with E-state index in [0.717, 1.165) is 6.42 Å². The average Bonchev–Trinajstić information content (AvgIpc) is 2.90. The molecular formula is C18H13NO6. The number of benzene rings is 2. The van der Waals surface area contributed by atoms with Crippen molar-refractivity contribution < 1.29 is 23.6 Å². The fourth-order valence-corrected chi connectivity index (χ4v) is 2.70. The third-order valence-electron chi connectivity index (χ3n) is 3.94. The molecule has 0 aliphatic carbocycles. The summed E-state index contributed by atoms with van der Waals surface area (Å²) in [5.74, 6) is 0.920. The highest BCUT2D eigenvalue weighted by Gasteiger charge is 2.19. The molecule has 0 spiro atoms. The molecule has 1 aliphatic rings. The van der Waals surface area contributed by atoms with Gasteiger partial charge in [-0.1, -0.05) is 0 Å². The summed E-state index contributed by atoms with van der Waals surface area (Å²) in [4.78, 5) is 23.0. The number of hydrogen-bond acceptors (Lipinski definition) is 6. The number of nitro benzene ring substituents is 1. The minimum absolute atomic E-state index is 0.0529. The highest BCUT2D eigenvalue weighted by atomic mass is 16.6. The predicted molar refractivity (Wildman–Crippen MR) is 88.3 cm³/mol. The number of fused-ring (bicyclic) bond motifs is 2. The van der Waals surface area contributed by atoms with Crippen LogP contribution in [0.15, 0.2) is 46.9 Å². The van der Waals surface area contributed by atoms with Crippen molar-refractivity contribution in [2.75, 3.05) is 13.2 Å². The Balaban J connectivity index is 1.70. The van der Waals surface area contributed by atoms with Crippen molar-refractivity contribution in [3.8, 4) is 11.5 Å².